The monoisotopic (exact) mass is 465 g/mol. The van der Waals surface area contributed by atoms with Crippen molar-refractivity contribution in [3.8, 4) is 5.69 Å². The number of ether oxygens (including phenoxy) is 1. The number of anilines is 1. The summed E-state index contributed by atoms with van der Waals surface area (Å²) in [6.07, 6.45) is 2.01. The first-order valence-electron chi connectivity index (χ1n) is 9.84. The molecule has 0 unspecified atom stereocenters. The molecule has 7 nitrogen and oxygen atoms in total. The number of hydrogen-bond acceptors (Lipinski definition) is 5. The molecule has 0 saturated carbocycles. The van der Waals surface area contributed by atoms with E-state index in [0.717, 1.165) is 35.1 Å². The summed E-state index contributed by atoms with van der Waals surface area (Å²) in [5.41, 5.74) is 10.2. The minimum atomic E-state index is -0.270. The third kappa shape index (κ3) is 3.32. The predicted molar refractivity (Wildman–Crippen MR) is 120 cm³/mol. The number of nitrogen functional groups attached to an aromatic ring is 1. The van der Waals surface area contributed by atoms with Gasteiger partial charge in [0.1, 0.15) is 16.9 Å². The van der Waals surface area contributed by atoms with Crippen molar-refractivity contribution >= 4 is 49.9 Å². The molecular formula is C22H20BrN5O2. The number of carbonyl (C=O) groups is 1. The lowest BCUT2D eigenvalue weighted by Crippen LogP contribution is -2.32. The van der Waals surface area contributed by atoms with Gasteiger partial charge in [0.25, 0.3) is 5.91 Å². The number of nitrogens with two attached hydrogens (primary N) is 1. The van der Waals surface area contributed by atoms with E-state index in [9.17, 15) is 4.79 Å². The van der Waals surface area contributed by atoms with Crippen molar-refractivity contribution in [3.63, 3.8) is 0 Å². The van der Waals surface area contributed by atoms with Gasteiger partial charge in [0.2, 0.25) is 0 Å². The standard InChI is InChI=1S/C22H20BrN5O2/c23-13-7-9-14(10-8-13)28-20(24)18(22(29)25-12-15-4-3-11-30-15)19-21(28)27-17-6-2-1-5-16(17)26-19/h1-2,5-10,15H,3-4,11-12,24H2,(H,25,29)/t15-/m0/s1. The highest BCUT2D eigenvalue weighted by Crippen LogP contribution is 2.31. The van der Waals surface area contributed by atoms with Gasteiger partial charge in [0.15, 0.2) is 5.65 Å². The van der Waals surface area contributed by atoms with Gasteiger partial charge in [-0.1, -0.05) is 28.1 Å². The first-order valence-corrected chi connectivity index (χ1v) is 10.6. The van der Waals surface area contributed by atoms with Gasteiger partial charge in [-0.3, -0.25) is 9.36 Å². The Kier molecular flexibility index (Phi) is 4.88. The van der Waals surface area contributed by atoms with E-state index in [4.69, 9.17) is 20.4 Å². The smallest absolute Gasteiger partial charge is 0.257 e. The summed E-state index contributed by atoms with van der Waals surface area (Å²) in [5, 5.41) is 2.96. The van der Waals surface area contributed by atoms with E-state index in [-0.39, 0.29) is 12.0 Å². The maximum absolute atomic E-state index is 13.1. The summed E-state index contributed by atoms with van der Waals surface area (Å²) in [5.74, 6) is 0.0425. The van der Waals surface area contributed by atoms with Gasteiger partial charge in [-0.2, -0.15) is 0 Å². The number of amides is 1. The first kappa shape index (κ1) is 19.0. The second-order valence-electron chi connectivity index (χ2n) is 7.30. The lowest BCUT2D eigenvalue weighted by atomic mass is 10.2. The van der Waals surface area contributed by atoms with Gasteiger partial charge in [-0.15, -0.1) is 0 Å². The molecule has 4 aromatic rings. The molecule has 2 aromatic heterocycles. The number of nitrogens with zero attached hydrogens (tertiary/aromatic N) is 3. The van der Waals surface area contributed by atoms with Crippen LogP contribution in [0.3, 0.4) is 0 Å². The molecule has 1 amide bonds. The number of hydrogen-bond donors (Lipinski definition) is 2. The zero-order chi connectivity index (χ0) is 20.7. The molecule has 0 aliphatic carbocycles. The lowest BCUT2D eigenvalue weighted by Gasteiger charge is -2.11. The van der Waals surface area contributed by atoms with Crippen LogP contribution in [0.15, 0.2) is 53.0 Å². The van der Waals surface area contributed by atoms with Gasteiger partial charge in [-0.25, -0.2) is 9.97 Å². The summed E-state index contributed by atoms with van der Waals surface area (Å²) < 4.78 is 8.35. The van der Waals surface area contributed by atoms with Gasteiger partial charge in [0, 0.05) is 23.3 Å². The fraction of sp³-hybridized carbons (Fsp3) is 0.227. The van der Waals surface area contributed by atoms with Gasteiger partial charge in [-0.05, 0) is 49.2 Å². The van der Waals surface area contributed by atoms with Crippen LogP contribution in [0, 0.1) is 0 Å². The molecule has 1 aliphatic heterocycles. The van der Waals surface area contributed by atoms with Gasteiger partial charge >= 0.3 is 0 Å². The van der Waals surface area contributed by atoms with E-state index in [1.165, 1.54) is 0 Å². The number of halogens is 1. The number of rotatable bonds is 4. The summed E-state index contributed by atoms with van der Waals surface area (Å²) in [6.45, 7) is 1.19. The second-order valence-corrected chi connectivity index (χ2v) is 8.22. The molecule has 1 fully saturated rings. The molecule has 2 aromatic carbocycles. The molecule has 1 aliphatic rings. The fourth-order valence-electron chi connectivity index (χ4n) is 3.84. The maximum Gasteiger partial charge on any atom is 0.257 e. The normalized spacial score (nSPS) is 16.4. The number of benzene rings is 2. The molecular weight excluding hydrogens is 446 g/mol. The van der Waals surface area contributed by atoms with Crippen LogP contribution in [-0.4, -0.2) is 39.7 Å². The summed E-state index contributed by atoms with van der Waals surface area (Å²) in [7, 11) is 0. The van der Waals surface area contributed by atoms with Crippen LogP contribution in [0.2, 0.25) is 0 Å². The van der Waals surface area contributed by atoms with E-state index < -0.39 is 0 Å². The average molecular weight is 466 g/mol. The number of aromatic nitrogens is 3. The lowest BCUT2D eigenvalue weighted by molar-refractivity contribution is 0.0859. The Labute approximate surface area is 181 Å². The molecule has 8 heteroatoms. The molecule has 1 atom stereocenters. The Bertz CT molecular complexity index is 1250. The van der Waals surface area contributed by atoms with E-state index in [1.807, 2.05) is 48.5 Å². The Hall–Kier alpha value is -2.97. The molecule has 0 bridgehead atoms. The van der Waals surface area contributed by atoms with Crippen molar-refractivity contribution in [2.75, 3.05) is 18.9 Å². The van der Waals surface area contributed by atoms with Crippen LogP contribution in [-0.2, 0) is 4.74 Å². The Morgan fingerprint density at radius 1 is 1.17 bits per heavy atom. The minimum Gasteiger partial charge on any atom is -0.384 e. The first-order chi connectivity index (χ1) is 14.6. The van der Waals surface area contributed by atoms with E-state index >= 15 is 0 Å². The number of carbonyl (C=O) groups excluding carboxylic acids is 1. The van der Waals surface area contributed by atoms with E-state index in [1.54, 1.807) is 4.57 Å². The molecule has 3 heterocycles. The van der Waals surface area contributed by atoms with Crippen LogP contribution >= 0.6 is 15.9 Å². The quantitative estimate of drug-likeness (QED) is 0.477. The average Bonchev–Trinajstić information content (AvgIpc) is 3.37. The highest BCUT2D eigenvalue weighted by Gasteiger charge is 2.26. The number of fused-ring (bicyclic) bond motifs is 2. The second kappa shape index (κ2) is 7.70. The van der Waals surface area contributed by atoms with Crippen molar-refractivity contribution in [2.24, 2.45) is 0 Å². The van der Waals surface area contributed by atoms with Crippen molar-refractivity contribution in [2.45, 2.75) is 18.9 Å². The molecule has 0 radical (unpaired) electrons. The molecule has 5 rings (SSSR count). The van der Waals surface area contributed by atoms with Gasteiger partial charge < -0.3 is 15.8 Å². The Morgan fingerprint density at radius 3 is 2.60 bits per heavy atom. The summed E-state index contributed by atoms with van der Waals surface area (Å²) in [4.78, 5) is 22.7. The Balaban J connectivity index is 1.66. The van der Waals surface area contributed by atoms with Crippen molar-refractivity contribution in [1.82, 2.24) is 19.9 Å². The summed E-state index contributed by atoms with van der Waals surface area (Å²) >= 11 is 3.46. The molecule has 1 saturated heterocycles. The number of nitrogens with one attached hydrogen (secondary N) is 1. The van der Waals surface area contributed by atoms with Crippen molar-refractivity contribution in [3.05, 3.63) is 58.6 Å². The predicted octanol–water partition coefficient (Wildman–Crippen LogP) is 3.83. The minimum absolute atomic E-state index is 0.0434. The van der Waals surface area contributed by atoms with E-state index in [0.29, 0.717) is 34.6 Å². The highest BCUT2D eigenvalue weighted by atomic mass is 79.9. The van der Waals surface area contributed by atoms with Crippen LogP contribution in [0.5, 0.6) is 0 Å². The van der Waals surface area contributed by atoms with Crippen molar-refractivity contribution in [1.29, 1.82) is 0 Å². The van der Waals surface area contributed by atoms with Crippen molar-refractivity contribution < 1.29 is 9.53 Å². The fourth-order valence-corrected chi connectivity index (χ4v) is 4.10. The topological polar surface area (TPSA) is 95.1 Å². The largest absolute Gasteiger partial charge is 0.384 e. The highest BCUT2D eigenvalue weighted by molar-refractivity contribution is 9.10. The third-order valence-electron chi connectivity index (χ3n) is 5.32. The summed E-state index contributed by atoms with van der Waals surface area (Å²) in [6, 6.07) is 15.3. The SMILES string of the molecule is Nc1c(C(=O)NC[C@@H]2CCCO2)c2nc3ccccc3nc2n1-c1ccc(Br)cc1. The van der Waals surface area contributed by atoms with Gasteiger partial charge in [0.05, 0.1) is 17.1 Å². The maximum atomic E-state index is 13.1. The number of para-hydroxylation sites is 2. The van der Waals surface area contributed by atoms with E-state index in [2.05, 4.69) is 21.2 Å². The molecule has 152 valence electrons. The third-order valence-corrected chi connectivity index (χ3v) is 5.85. The Morgan fingerprint density at radius 2 is 1.90 bits per heavy atom. The molecule has 30 heavy (non-hydrogen) atoms. The van der Waals surface area contributed by atoms with Crippen LogP contribution < -0.4 is 11.1 Å². The molecule has 3 N–H and O–H groups in total. The zero-order valence-electron chi connectivity index (χ0n) is 16.1. The molecule has 0 spiro atoms. The zero-order valence-corrected chi connectivity index (χ0v) is 17.7. The van der Waals surface area contributed by atoms with Crippen LogP contribution in [0.1, 0.15) is 23.2 Å². The van der Waals surface area contributed by atoms with Crippen LogP contribution in [0.25, 0.3) is 27.9 Å². The van der Waals surface area contributed by atoms with Crippen LogP contribution in [0.4, 0.5) is 5.82 Å².